The fourth-order valence-electron chi connectivity index (χ4n) is 4.15. The van der Waals surface area contributed by atoms with E-state index in [9.17, 15) is 4.79 Å². The first-order valence-electron chi connectivity index (χ1n) is 12.4. The molecule has 0 saturated carbocycles. The third-order valence-electron chi connectivity index (χ3n) is 5.81. The van der Waals surface area contributed by atoms with Crippen molar-refractivity contribution in [1.82, 2.24) is 9.97 Å². The first-order chi connectivity index (χ1) is 17.7. The van der Waals surface area contributed by atoms with E-state index >= 15 is 0 Å². The Morgan fingerprint density at radius 1 is 1.05 bits per heavy atom. The fraction of sp³-hybridized carbons (Fsp3) is 0.367. The van der Waals surface area contributed by atoms with Crippen LogP contribution in [0.3, 0.4) is 0 Å². The number of aromatic nitrogens is 2. The van der Waals surface area contributed by atoms with Crippen molar-refractivity contribution in [3.63, 3.8) is 0 Å². The molecule has 8 heteroatoms. The summed E-state index contributed by atoms with van der Waals surface area (Å²) >= 11 is 11.4. The molecule has 0 spiro atoms. The molecule has 2 aromatic heterocycles. The molecule has 0 fully saturated rings. The minimum Gasteiger partial charge on any atom is -0.462 e. The second-order valence-corrected chi connectivity index (χ2v) is 13.7. The summed E-state index contributed by atoms with van der Waals surface area (Å²) in [6.45, 7) is 13.7. The molecule has 0 aliphatic rings. The number of fused-ring (bicyclic) bond motifs is 1. The lowest BCUT2D eigenvalue weighted by molar-refractivity contribution is -0.162. The zero-order chi connectivity index (χ0) is 27.8. The molecule has 0 amide bonds. The number of nitrogens with zero attached hydrogens (tertiary/aromatic N) is 2. The normalized spacial score (nSPS) is 13.1. The maximum Gasteiger partial charge on any atom is 0.311 e. The molecule has 0 N–H and O–H groups in total. The second-order valence-electron chi connectivity index (χ2n) is 11.3. The molecule has 0 saturated heterocycles. The summed E-state index contributed by atoms with van der Waals surface area (Å²) < 4.78 is 14.3. The van der Waals surface area contributed by atoms with Crippen LogP contribution in [0.5, 0.6) is 0 Å². The Morgan fingerprint density at radius 2 is 1.74 bits per heavy atom. The number of rotatable bonds is 6. The van der Waals surface area contributed by atoms with Gasteiger partial charge in [-0.25, -0.2) is 4.98 Å². The molecule has 0 aliphatic heterocycles. The van der Waals surface area contributed by atoms with Crippen LogP contribution >= 0.6 is 38.9 Å². The smallest absolute Gasteiger partial charge is 0.311 e. The van der Waals surface area contributed by atoms with E-state index in [0.29, 0.717) is 5.02 Å². The van der Waals surface area contributed by atoms with Crippen LogP contribution in [0.15, 0.2) is 53.3 Å². The van der Waals surface area contributed by atoms with Gasteiger partial charge in [0, 0.05) is 33.0 Å². The lowest BCUT2D eigenvalue weighted by Crippen LogP contribution is -2.30. The first-order valence-corrected chi connectivity index (χ1v) is 14.4. The lowest BCUT2D eigenvalue weighted by Gasteiger charge is -2.31. The van der Waals surface area contributed by atoms with Crippen molar-refractivity contribution in [3.05, 3.63) is 69.4 Å². The van der Waals surface area contributed by atoms with Crippen LogP contribution in [0.4, 0.5) is 0 Å². The van der Waals surface area contributed by atoms with E-state index < -0.39 is 17.1 Å². The van der Waals surface area contributed by atoms with Gasteiger partial charge in [-0.2, -0.15) is 0 Å². The first kappa shape index (κ1) is 28.7. The predicted molar refractivity (Wildman–Crippen MR) is 160 cm³/mol. The highest BCUT2D eigenvalue weighted by Crippen LogP contribution is 2.44. The summed E-state index contributed by atoms with van der Waals surface area (Å²) in [7, 11) is 0. The average Bonchev–Trinajstić information content (AvgIpc) is 3.24. The van der Waals surface area contributed by atoms with Crippen molar-refractivity contribution in [2.75, 3.05) is 6.61 Å². The van der Waals surface area contributed by atoms with Crippen LogP contribution in [0, 0.1) is 12.3 Å². The van der Waals surface area contributed by atoms with Gasteiger partial charge in [0.2, 0.25) is 0 Å². The number of thiazole rings is 1. The summed E-state index contributed by atoms with van der Waals surface area (Å²) in [6.07, 6.45) is 3.08. The summed E-state index contributed by atoms with van der Waals surface area (Å²) in [5, 5.41) is 1.53. The molecule has 200 valence electrons. The maximum atomic E-state index is 12.7. The van der Waals surface area contributed by atoms with Crippen molar-refractivity contribution in [2.24, 2.45) is 5.41 Å². The summed E-state index contributed by atoms with van der Waals surface area (Å²) in [5.74, 6) is -0.269. The second kappa shape index (κ2) is 11.0. The van der Waals surface area contributed by atoms with Crippen LogP contribution in [0.1, 0.15) is 58.8 Å². The van der Waals surface area contributed by atoms with Gasteiger partial charge in [0.05, 0.1) is 21.2 Å². The molecule has 0 bridgehead atoms. The van der Waals surface area contributed by atoms with E-state index in [1.165, 1.54) is 0 Å². The van der Waals surface area contributed by atoms with Gasteiger partial charge in [-0.15, -0.1) is 11.3 Å². The van der Waals surface area contributed by atoms with E-state index in [1.807, 2.05) is 78.1 Å². The van der Waals surface area contributed by atoms with Gasteiger partial charge in [-0.1, -0.05) is 23.7 Å². The van der Waals surface area contributed by atoms with Crippen molar-refractivity contribution >= 4 is 55.1 Å². The molecule has 38 heavy (non-hydrogen) atoms. The van der Waals surface area contributed by atoms with Gasteiger partial charge in [0.1, 0.15) is 17.7 Å². The van der Waals surface area contributed by atoms with E-state index in [1.54, 1.807) is 17.5 Å². The minimum absolute atomic E-state index is 0.0987. The van der Waals surface area contributed by atoms with Crippen molar-refractivity contribution in [3.8, 4) is 21.7 Å². The largest absolute Gasteiger partial charge is 0.462 e. The highest BCUT2D eigenvalue weighted by atomic mass is 79.9. The highest BCUT2D eigenvalue weighted by Gasteiger charge is 2.31. The summed E-state index contributed by atoms with van der Waals surface area (Å²) in [6, 6.07) is 11.9. The third-order valence-corrected chi connectivity index (χ3v) is 7.63. The molecular formula is C30H32BrClN2O3S. The molecule has 0 radical (unpaired) electrons. The van der Waals surface area contributed by atoms with Crippen molar-refractivity contribution < 1.29 is 14.3 Å². The molecular weight excluding hydrogens is 584 g/mol. The number of benzene rings is 2. The molecule has 0 unspecified atom stereocenters. The van der Waals surface area contributed by atoms with E-state index in [4.69, 9.17) is 26.1 Å². The van der Waals surface area contributed by atoms with Gasteiger partial charge in [-0.05, 0) is 105 Å². The number of hydrogen-bond acceptors (Lipinski definition) is 6. The number of ether oxygens (including phenoxy) is 2. The molecule has 4 rings (SSSR count). The fourth-order valence-corrected chi connectivity index (χ4v) is 5.75. The van der Waals surface area contributed by atoms with E-state index in [-0.39, 0.29) is 12.6 Å². The number of carbonyl (C=O) groups excluding carboxylic acids is 1. The molecule has 2 heterocycles. The molecule has 5 nitrogen and oxygen atoms in total. The number of hydrogen-bond donors (Lipinski definition) is 0. The SMILES string of the molecule is Cc1cc2nc(-c3cncc(Br)c3)sc2c(-c2ccc(Cl)cc2)c1[C@H](COC(=O)C(C)(C)C)OC(C)(C)C. The Kier molecular flexibility index (Phi) is 8.34. The van der Waals surface area contributed by atoms with Crippen molar-refractivity contribution in [1.29, 1.82) is 0 Å². The summed E-state index contributed by atoms with van der Waals surface area (Å²) in [5.41, 5.74) is 4.70. The Balaban J connectivity index is 1.95. The third kappa shape index (κ3) is 6.63. The van der Waals surface area contributed by atoms with Crippen LogP contribution in [-0.4, -0.2) is 28.1 Å². The molecule has 2 aromatic carbocycles. The van der Waals surface area contributed by atoms with Crippen molar-refractivity contribution in [2.45, 2.75) is 60.2 Å². The standard InChI is InChI=1S/C30H32BrClN2O3S/c1-17-12-22-26(38-27(34-22)19-13-20(31)15-33-14-19)25(18-8-10-21(32)11-9-18)24(17)23(37-30(5,6)7)16-36-28(35)29(2,3)4/h8-15,23H,16H2,1-7H3/t23-/m0/s1. The predicted octanol–water partition coefficient (Wildman–Crippen LogP) is 9.20. The Bertz CT molecular complexity index is 1470. The van der Waals surface area contributed by atoms with Crippen LogP contribution in [0.2, 0.25) is 5.02 Å². The van der Waals surface area contributed by atoms with E-state index in [2.05, 4.69) is 33.9 Å². The number of halogens is 2. The monoisotopic (exact) mass is 614 g/mol. The highest BCUT2D eigenvalue weighted by molar-refractivity contribution is 9.10. The Labute approximate surface area is 241 Å². The summed E-state index contributed by atoms with van der Waals surface area (Å²) in [4.78, 5) is 22.0. The molecule has 1 atom stereocenters. The average molecular weight is 616 g/mol. The minimum atomic E-state index is -0.616. The van der Waals surface area contributed by atoms with E-state index in [0.717, 1.165) is 47.5 Å². The van der Waals surface area contributed by atoms with Crippen LogP contribution < -0.4 is 0 Å². The number of aryl methyl sites for hydroxylation is 1. The maximum absolute atomic E-state index is 12.7. The molecule has 4 aromatic rings. The van der Waals surface area contributed by atoms with Gasteiger partial charge in [-0.3, -0.25) is 9.78 Å². The van der Waals surface area contributed by atoms with Gasteiger partial charge in [0.25, 0.3) is 0 Å². The quantitative estimate of drug-likeness (QED) is 0.202. The van der Waals surface area contributed by atoms with Gasteiger partial charge < -0.3 is 9.47 Å². The number of pyridine rings is 1. The van der Waals surface area contributed by atoms with Crippen LogP contribution in [0.25, 0.3) is 31.9 Å². The Morgan fingerprint density at radius 3 is 2.34 bits per heavy atom. The van der Waals surface area contributed by atoms with Crippen LogP contribution in [-0.2, 0) is 14.3 Å². The lowest BCUT2D eigenvalue weighted by atomic mass is 9.91. The van der Waals surface area contributed by atoms with Gasteiger partial charge >= 0.3 is 5.97 Å². The number of carbonyl (C=O) groups is 1. The Hall–Kier alpha value is -2.32. The topological polar surface area (TPSA) is 61.3 Å². The van der Waals surface area contributed by atoms with Gasteiger partial charge in [0.15, 0.2) is 0 Å². The zero-order valence-electron chi connectivity index (χ0n) is 22.7. The number of esters is 1. The zero-order valence-corrected chi connectivity index (χ0v) is 25.8. The molecule has 0 aliphatic carbocycles.